The van der Waals surface area contributed by atoms with Crippen LogP contribution in [0.4, 0.5) is 14.9 Å². The number of halogens is 1. The summed E-state index contributed by atoms with van der Waals surface area (Å²) in [7, 11) is 0. The maximum Gasteiger partial charge on any atom is 0.323 e. The molecule has 1 aliphatic heterocycles. The molecule has 0 bridgehead atoms. The highest BCUT2D eigenvalue weighted by atomic mass is 19.1. The highest BCUT2D eigenvalue weighted by Crippen LogP contribution is 2.23. The van der Waals surface area contributed by atoms with E-state index < -0.39 is 42.4 Å². The fourth-order valence-corrected chi connectivity index (χ4v) is 4.71. The first-order chi connectivity index (χ1) is 19.2. The van der Waals surface area contributed by atoms with Crippen molar-refractivity contribution in [3.05, 3.63) is 101 Å². The number of hydrogen-bond acceptors (Lipinski definition) is 4. The summed E-state index contributed by atoms with van der Waals surface area (Å²) in [6.45, 7) is 2.12. The third-order valence-electron chi connectivity index (χ3n) is 6.70. The van der Waals surface area contributed by atoms with E-state index in [0.717, 1.165) is 11.1 Å². The average molecular weight is 547 g/mol. The van der Waals surface area contributed by atoms with Gasteiger partial charge in [0, 0.05) is 25.2 Å². The fraction of sp³-hybridized carbons (Fsp3) is 0.267. The van der Waals surface area contributed by atoms with Crippen molar-refractivity contribution in [2.24, 2.45) is 0 Å². The zero-order valence-electron chi connectivity index (χ0n) is 22.0. The normalized spacial score (nSPS) is 15.4. The van der Waals surface area contributed by atoms with Crippen LogP contribution in [0.15, 0.2) is 78.9 Å². The molecular formula is C30H31FN4O5. The Hall–Kier alpha value is -4.73. The van der Waals surface area contributed by atoms with Crippen LogP contribution in [0.1, 0.15) is 35.6 Å². The van der Waals surface area contributed by atoms with Gasteiger partial charge in [0.25, 0.3) is 5.91 Å². The number of hydrogen-bond donors (Lipinski definition) is 3. The Kier molecular flexibility index (Phi) is 9.11. The van der Waals surface area contributed by atoms with Crippen LogP contribution in [-0.4, -0.2) is 58.0 Å². The van der Waals surface area contributed by atoms with Gasteiger partial charge in [0.2, 0.25) is 5.91 Å². The molecule has 9 nitrogen and oxygen atoms in total. The molecule has 0 saturated carbocycles. The minimum atomic E-state index is -1.30. The van der Waals surface area contributed by atoms with Crippen molar-refractivity contribution < 1.29 is 28.7 Å². The Balaban J connectivity index is 1.57. The molecule has 4 rings (SSSR count). The van der Waals surface area contributed by atoms with E-state index in [0.29, 0.717) is 17.7 Å². The highest BCUT2D eigenvalue weighted by Gasteiger charge is 2.43. The number of anilines is 1. The predicted octanol–water partition coefficient (Wildman–Crippen LogP) is 4.10. The van der Waals surface area contributed by atoms with E-state index in [1.165, 1.54) is 34.1 Å². The number of carbonyl (C=O) groups is 4. The smallest absolute Gasteiger partial charge is 0.323 e. The van der Waals surface area contributed by atoms with Crippen LogP contribution in [0.25, 0.3) is 0 Å². The molecule has 0 aromatic heterocycles. The van der Waals surface area contributed by atoms with Gasteiger partial charge in [-0.2, -0.15) is 0 Å². The van der Waals surface area contributed by atoms with Gasteiger partial charge in [-0.3, -0.25) is 19.3 Å². The lowest BCUT2D eigenvalue weighted by atomic mass is 10.0. The van der Waals surface area contributed by atoms with Crippen LogP contribution in [0, 0.1) is 12.7 Å². The molecule has 0 spiro atoms. The third-order valence-corrected chi connectivity index (χ3v) is 6.70. The van der Waals surface area contributed by atoms with Gasteiger partial charge in [0.05, 0.1) is 12.5 Å². The van der Waals surface area contributed by atoms with Gasteiger partial charge >= 0.3 is 12.0 Å². The lowest BCUT2D eigenvalue weighted by molar-refractivity contribution is -0.142. The first-order valence-corrected chi connectivity index (χ1v) is 13.0. The number of amides is 4. The molecule has 40 heavy (non-hydrogen) atoms. The van der Waals surface area contributed by atoms with Crippen molar-refractivity contribution >= 4 is 29.5 Å². The topological polar surface area (TPSA) is 119 Å². The summed E-state index contributed by atoms with van der Waals surface area (Å²) in [4.78, 5) is 54.5. The maximum absolute atomic E-state index is 13.7. The molecule has 1 heterocycles. The summed E-state index contributed by atoms with van der Waals surface area (Å²) >= 11 is 0. The minimum Gasteiger partial charge on any atom is -0.481 e. The van der Waals surface area contributed by atoms with Gasteiger partial charge < -0.3 is 20.6 Å². The van der Waals surface area contributed by atoms with Crippen LogP contribution in [0.2, 0.25) is 0 Å². The molecule has 0 aliphatic carbocycles. The SMILES string of the molecule is Cc1cccc(NC(=O)N2CCN(C(=O)CCc3ccccc3)C2C(=O)NC(CC(=O)O)c2ccc(F)cc2)c1. The van der Waals surface area contributed by atoms with E-state index in [9.17, 15) is 28.7 Å². The number of aryl methyl sites for hydroxylation is 2. The van der Waals surface area contributed by atoms with Crippen LogP contribution in [0.5, 0.6) is 0 Å². The van der Waals surface area contributed by atoms with Gasteiger partial charge in [-0.25, -0.2) is 9.18 Å². The maximum atomic E-state index is 13.7. The van der Waals surface area contributed by atoms with Gasteiger partial charge in [-0.05, 0) is 54.3 Å². The molecule has 0 radical (unpaired) electrons. The zero-order chi connectivity index (χ0) is 28.6. The fourth-order valence-electron chi connectivity index (χ4n) is 4.71. The number of carboxylic acid groups (broad SMARTS) is 1. The quantitative estimate of drug-likeness (QED) is 0.373. The van der Waals surface area contributed by atoms with Crippen LogP contribution < -0.4 is 10.6 Å². The van der Waals surface area contributed by atoms with Gasteiger partial charge in [0.15, 0.2) is 6.17 Å². The number of nitrogens with zero attached hydrogens (tertiary/aromatic N) is 2. The number of urea groups is 1. The Bertz CT molecular complexity index is 1370. The van der Waals surface area contributed by atoms with Gasteiger partial charge in [0.1, 0.15) is 5.82 Å². The molecule has 3 N–H and O–H groups in total. The minimum absolute atomic E-state index is 0.104. The van der Waals surface area contributed by atoms with E-state index in [2.05, 4.69) is 10.6 Å². The number of nitrogens with one attached hydrogen (secondary N) is 2. The molecule has 208 valence electrons. The Morgan fingerprint density at radius 2 is 1.65 bits per heavy atom. The van der Waals surface area contributed by atoms with E-state index >= 15 is 0 Å². The number of benzene rings is 3. The van der Waals surface area contributed by atoms with Gasteiger partial charge in [-0.1, -0.05) is 54.6 Å². The van der Waals surface area contributed by atoms with Crippen LogP contribution in [-0.2, 0) is 20.8 Å². The Labute approximate surface area is 231 Å². The molecule has 4 amide bonds. The number of rotatable bonds is 9. The number of aliphatic carboxylic acids is 1. The van der Waals surface area contributed by atoms with Crippen molar-refractivity contribution in [3.8, 4) is 0 Å². The zero-order valence-corrected chi connectivity index (χ0v) is 22.0. The van der Waals surface area contributed by atoms with E-state index in [4.69, 9.17) is 0 Å². The summed E-state index contributed by atoms with van der Waals surface area (Å²) in [6.07, 6.45) is -1.19. The molecule has 1 fully saturated rings. The second kappa shape index (κ2) is 12.9. The molecule has 2 atom stereocenters. The van der Waals surface area contributed by atoms with Crippen molar-refractivity contribution in [2.75, 3.05) is 18.4 Å². The molecule has 1 saturated heterocycles. The van der Waals surface area contributed by atoms with E-state index in [1.807, 2.05) is 43.3 Å². The molecular weight excluding hydrogens is 515 g/mol. The van der Waals surface area contributed by atoms with Gasteiger partial charge in [-0.15, -0.1) is 0 Å². The lowest BCUT2D eigenvalue weighted by Crippen LogP contribution is -2.55. The molecule has 10 heteroatoms. The second-order valence-electron chi connectivity index (χ2n) is 9.65. The van der Waals surface area contributed by atoms with Crippen LogP contribution in [0.3, 0.4) is 0 Å². The summed E-state index contributed by atoms with van der Waals surface area (Å²) in [5, 5.41) is 14.9. The predicted molar refractivity (Wildman–Crippen MR) is 147 cm³/mol. The third kappa shape index (κ3) is 7.22. The van der Waals surface area contributed by atoms with Crippen LogP contribution >= 0.6 is 0 Å². The molecule has 3 aromatic carbocycles. The summed E-state index contributed by atoms with van der Waals surface area (Å²) in [5.74, 6) is -2.70. The second-order valence-corrected chi connectivity index (χ2v) is 9.65. The van der Waals surface area contributed by atoms with Crippen molar-refractivity contribution in [3.63, 3.8) is 0 Å². The first-order valence-electron chi connectivity index (χ1n) is 13.0. The lowest BCUT2D eigenvalue weighted by Gasteiger charge is -2.31. The molecule has 3 aromatic rings. The highest BCUT2D eigenvalue weighted by molar-refractivity contribution is 5.96. The standard InChI is InChI=1S/C30H31FN4O5/c1-20-6-5-9-24(18-20)32-30(40)35-17-16-34(26(36)15-10-21-7-3-2-4-8-21)29(35)28(39)33-25(19-27(37)38)22-11-13-23(31)14-12-22/h2-9,11-14,18,25,29H,10,15-17,19H2,1H3,(H,32,40)(H,33,39)(H,37,38). The van der Waals surface area contributed by atoms with Crippen molar-refractivity contribution in [2.45, 2.75) is 38.4 Å². The summed E-state index contributed by atoms with van der Waals surface area (Å²) < 4.78 is 13.5. The number of carbonyl (C=O) groups excluding carboxylic acids is 3. The van der Waals surface area contributed by atoms with Crippen molar-refractivity contribution in [1.29, 1.82) is 0 Å². The summed E-state index contributed by atoms with van der Waals surface area (Å²) in [5.41, 5.74) is 2.81. The molecule has 1 aliphatic rings. The Morgan fingerprint density at radius 1 is 0.950 bits per heavy atom. The van der Waals surface area contributed by atoms with E-state index in [1.54, 1.807) is 18.2 Å². The average Bonchev–Trinajstić information content (AvgIpc) is 3.38. The molecule has 2 unspecified atom stereocenters. The largest absolute Gasteiger partial charge is 0.481 e. The van der Waals surface area contributed by atoms with Crippen molar-refractivity contribution in [1.82, 2.24) is 15.1 Å². The first kappa shape index (κ1) is 28.3. The Morgan fingerprint density at radius 3 is 2.33 bits per heavy atom. The monoisotopic (exact) mass is 546 g/mol. The summed E-state index contributed by atoms with van der Waals surface area (Å²) in [6, 6.07) is 20.2. The number of carboxylic acids is 1. The van der Waals surface area contributed by atoms with E-state index in [-0.39, 0.29) is 25.4 Å².